The van der Waals surface area contributed by atoms with Crippen molar-refractivity contribution in [1.82, 2.24) is 10.2 Å². The second-order valence-electron chi connectivity index (χ2n) is 5.88. The Balaban J connectivity index is 2.26. The number of nitrogens with zero attached hydrogens (tertiary/aromatic N) is 1. The summed E-state index contributed by atoms with van der Waals surface area (Å²) in [7, 11) is 0. The van der Waals surface area contributed by atoms with Gasteiger partial charge in [-0.15, -0.1) is 0 Å². The molecule has 0 bridgehead atoms. The van der Waals surface area contributed by atoms with Crippen LogP contribution in [-0.2, 0) is 0 Å². The van der Waals surface area contributed by atoms with Crippen LogP contribution in [0.2, 0.25) is 0 Å². The predicted octanol–water partition coefficient (Wildman–Crippen LogP) is 3.28. The lowest BCUT2D eigenvalue weighted by Crippen LogP contribution is -2.40. The molecule has 0 amide bonds. The van der Waals surface area contributed by atoms with Crippen LogP contribution in [0.4, 0.5) is 0 Å². The van der Waals surface area contributed by atoms with Gasteiger partial charge < -0.3 is 10.2 Å². The molecule has 0 saturated heterocycles. The van der Waals surface area contributed by atoms with Crippen molar-refractivity contribution in [3.63, 3.8) is 0 Å². The first-order valence-electron chi connectivity index (χ1n) is 7.64. The first kappa shape index (κ1) is 15.0. The van der Waals surface area contributed by atoms with Crippen molar-refractivity contribution in [1.29, 1.82) is 0 Å². The van der Waals surface area contributed by atoms with Gasteiger partial charge in [-0.2, -0.15) is 0 Å². The lowest BCUT2D eigenvalue weighted by molar-refractivity contribution is 0.181. The fraction of sp³-hybridized carbons (Fsp3) is 1.00. The van der Waals surface area contributed by atoms with Crippen LogP contribution in [0.15, 0.2) is 0 Å². The zero-order valence-corrected chi connectivity index (χ0v) is 12.3. The molecule has 2 nitrogen and oxygen atoms in total. The molecule has 2 unspecified atom stereocenters. The largest absolute Gasteiger partial charge is 0.314 e. The molecule has 0 aromatic rings. The van der Waals surface area contributed by atoms with Crippen LogP contribution < -0.4 is 5.32 Å². The number of hydrogen-bond acceptors (Lipinski definition) is 2. The molecule has 0 aromatic heterocycles. The third-order valence-electron chi connectivity index (χ3n) is 3.76. The molecule has 2 atom stereocenters. The molecule has 1 saturated carbocycles. The van der Waals surface area contributed by atoms with Crippen LogP contribution in [0.1, 0.15) is 59.8 Å². The van der Waals surface area contributed by atoms with E-state index in [4.69, 9.17) is 0 Å². The molecule has 1 rings (SSSR count). The number of hydrogen-bond donors (Lipinski definition) is 1. The summed E-state index contributed by atoms with van der Waals surface area (Å²) in [6.07, 6.45) is 6.74. The quantitative estimate of drug-likeness (QED) is 0.630. The van der Waals surface area contributed by atoms with Gasteiger partial charge in [0.25, 0.3) is 0 Å². The van der Waals surface area contributed by atoms with Crippen molar-refractivity contribution in [2.45, 2.75) is 71.9 Å². The molecule has 2 heteroatoms. The van der Waals surface area contributed by atoms with E-state index in [1.54, 1.807) is 0 Å². The van der Waals surface area contributed by atoms with Crippen LogP contribution in [-0.4, -0.2) is 36.6 Å². The smallest absolute Gasteiger partial charge is 0.00817 e. The minimum Gasteiger partial charge on any atom is -0.314 e. The standard InChI is InChI=1S/C15H32N2/c1-5-9-16-13(3)11-14(4)17(10-6-2)12-15-7-8-15/h13-16H,5-12H2,1-4H3. The first-order chi connectivity index (χ1) is 8.17. The van der Waals surface area contributed by atoms with Crippen molar-refractivity contribution in [2.75, 3.05) is 19.6 Å². The monoisotopic (exact) mass is 240 g/mol. The summed E-state index contributed by atoms with van der Waals surface area (Å²) in [4.78, 5) is 2.71. The maximum Gasteiger partial charge on any atom is 0.00817 e. The molecule has 1 N–H and O–H groups in total. The molecule has 0 aromatic carbocycles. The molecular weight excluding hydrogens is 208 g/mol. The summed E-state index contributed by atoms with van der Waals surface area (Å²) in [6, 6.07) is 1.39. The molecule has 0 radical (unpaired) electrons. The van der Waals surface area contributed by atoms with Gasteiger partial charge in [0, 0.05) is 18.6 Å². The molecule has 1 aliphatic carbocycles. The summed E-state index contributed by atoms with van der Waals surface area (Å²) >= 11 is 0. The second-order valence-corrected chi connectivity index (χ2v) is 5.88. The fourth-order valence-corrected chi connectivity index (χ4v) is 2.55. The third-order valence-corrected chi connectivity index (χ3v) is 3.76. The Bertz CT molecular complexity index is 189. The minimum absolute atomic E-state index is 0.656. The van der Waals surface area contributed by atoms with Crippen LogP contribution in [0.25, 0.3) is 0 Å². The lowest BCUT2D eigenvalue weighted by atomic mass is 10.1. The number of rotatable bonds is 10. The van der Waals surface area contributed by atoms with Gasteiger partial charge in [-0.1, -0.05) is 13.8 Å². The van der Waals surface area contributed by atoms with Crippen molar-refractivity contribution in [3.05, 3.63) is 0 Å². The highest BCUT2D eigenvalue weighted by atomic mass is 15.2. The van der Waals surface area contributed by atoms with Crippen molar-refractivity contribution < 1.29 is 0 Å². The van der Waals surface area contributed by atoms with Gasteiger partial charge in [0.05, 0.1) is 0 Å². The summed E-state index contributed by atoms with van der Waals surface area (Å²) in [5.41, 5.74) is 0. The highest BCUT2D eigenvalue weighted by Crippen LogP contribution is 2.30. The summed E-state index contributed by atoms with van der Waals surface area (Å²) in [5.74, 6) is 1.02. The Labute approximate surface area is 108 Å². The second kappa shape index (κ2) is 8.10. The van der Waals surface area contributed by atoms with E-state index in [1.165, 1.54) is 45.2 Å². The molecule has 0 spiro atoms. The molecule has 0 heterocycles. The van der Waals surface area contributed by atoms with E-state index in [1.807, 2.05) is 0 Å². The Hall–Kier alpha value is -0.0800. The van der Waals surface area contributed by atoms with E-state index in [0.717, 1.165) is 18.5 Å². The highest BCUT2D eigenvalue weighted by Gasteiger charge is 2.26. The molecule has 1 fully saturated rings. The highest BCUT2D eigenvalue weighted by molar-refractivity contribution is 4.81. The third kappa shape index (κ3) is 6.42. The van der Waals surface area contributed by atoms with Crippen LogP contribution >= 0.6 is 0 Å². The van der Waals surface area contributed by atoms with Crippen LogP contribution in [0.3, 0.4) is 0 Å². The van der Waals surface area contributed by atoms with Gasteiger partial charge in [-0.3, -0.25) is 0 Å². The summed E-state index contributed by atoms with van der Waals surface area (Å²) < 4.78 is 0. The van der Waals surface area contributed by atoms with Gasteiger partial charge in [0.2, 0.25) is 0 Å². The maximum absolute atomic E-state index is 3.60. The Morgan fingerprint density at radius 3 is 2.41 bits per heavy atom. The number of nitrogens with one attached hydrogen (secondary N) is 1. The molecule has 1 aliphatic rings. The minimum atomic E-state index is 0.656. The van der Waals surface area contributed by atoms with E-state index in [-0.39, 0.29) is 0 Å². The Morgan fingerprint density at radius 2 is 1.88 bits per heavy atom. The van der Waals surface area contributed by atoms with E-state index < -0.39 is 0 Å². The fourth-order valence-electron chi connectivity index (χ4n) is 2.55. The zero-order valence-electron chi connectivity index (χ0n) is 12.3. The molecule has 17 heavy (non-hydrogen) atoms. The van der Waals surface area contributed by atoms with Crippen molar-refractivity contribution in [3.8, 4) is 0 Å². The van der Waals surface area contributed by atoms with E-state index in [2.05, 4.69) is 37.9 Å². The lowest BCUT2D eigenvalue weighted by Gasteiger charge is -2.31. The molecule has 102 valence electrons. The normalized spacial score (nSPS) is 19.6. The van der Waals surface area contributed by atoms with E-state index in [0.29, 0.717) is 6.04 Å². The molecule has 0 aliphatic heterocycles. The average Bonchev–Trinajstić information content (AvgIpc) is 3.09. The maximum atomic E-state index is 3.60. The van der Waals surface area contributed by atoms with Gasteiger partial charge >= 0.3 is 0 Å². The van der Waals surface area contributed by atoms with Crippen molar-refractivity contribution in [2.24, 2.45) is 5.92 Å². The molecular formula is C15H32N2. The van der Waals surface area contributed by atoms with Crippen LogP contribution in [0.5, 0.6) is 0 Å². The Morgan fingerprint density at radius 1 is 1.18 bits per heavy atom. The van der Waals surface area contributed by atoms with Gasteiger partial charge in [-0.25, -0.2) is 0 Å². The van der Waals surface area contributed by atoms with Crippen LogP contribution in [0, 0.1) is 5.92 Å². The van der Waals surface area contributed by atoms with Gasteiger partial charge in [0.1, 0.15) is 0 Å². The summed E-state index contributed by atoms with van der Waals surface area (Å²) in [5, 5.41) is 3.60. The van der Waals surface area contributed by atoms with E-state index in [9.17, 15) is 0 Å². The van der Waals surface area contributed by atoms with Gasteiger partial charge in [0.15, 0.2) is 0 Å². The average molecular weight is 240 g/mol. The van der Waals surface area contributed by atoms with Gasteiger partial charge in [-0.05, 0) is 65.0 Å². The van der Waals surface area contributed by atoms with E-state index >= 15 is 0 Å². The SMILES string of the molecule is CCCNC(C)CC(C)N(CCC)CC1CC1. The predicted molar refractivity (Wildman–Crippen MR) is 76.4 cm³/mol. The van der Waals surface area contributed by atoms with Crippen molar-refractivity contribution >= 4 is 0 Å². The zero-order chi connectivity index (χ0) is 12.7. The summed E-state index contributed by atoms with van der Waals surface area (Å²) in [6.45, 7) is 13.0. The topological polar surface area (TPSA) is 15.3 Å². The first-order valence-corrected chi connectivity index (χ1v) is 7.64. The Kier molecular flexibility index (Phi) is 7.14.